The van der Waals surface area contributed by atoms with Gasteiger partial charge in [-0.05, 0) is 32.0 Å². The minimum atomic E-state index is -0.0715. The summed E-state index contributed by atoms with van der Waals surface area (Å²) in [6, 6.07) is 0. The molecule has 1 atom stereocenters. The molecule has 1 saturated heterocycles. The Bertz CT molecular complexity index is 132. The van der Waals surface area contributed by atoms with E-state index in [0.29, 0.717) is 0 Å². The van der Waals surface area contributed by atoms with E-state index in [9.17, 15) is 0 Å². The molecule has 1 N–H and O–H groups in total. The SMILES string of the molecule is CCOC=C[SiH2]C1CCCCN1. The molecule has 1 unspecified atom stereocenters. The minimum Gasteiger partial charge on any atom is -0.502 e. The van der Waals surface area contributed by atoms with E-state index in [1.165, 1.54) is 25.8 Å². The van der Waals surface area contributed by atoms with Crippen molar-refractivity contribution in [1.82, 2.24) is 5.32 Å². The van der Waals surface area contributed by atoms with Crippen LogP contribution in [-0.2, 0) is 4.74 Å². The second-order valence-electron chi connectivity index (χ2n) is 3.21. The molecule has 0 aromatic rings. The monoisotopic (exact) mass is 185 g/mol. The van der Waals surface area contributed by atoms with E-state index < -0.39 is 0 Å². The lowest BCUT2D eigenvalue weighted by Crippen LogP contribution is -2.38. The molecular weight excluding hydrogens is 166 g/mol. The van der Waals surface area contributed by atoms with Gasteiger partial charge in [-0.2, -0.15) is 0 Å². The topological polar surface area (TPSA) is 21.3 Å². The van der Waals surface area contributed by atoms with Gasteiger partial charge >= 0.3 is 0 Å². The van der Waals surface area contributed by atoms with Crippen molar-refractivity contribution >= 4 is 9.52 Å². The number of ether oxygens (including phenoxy) is 1. The maximum Gasteiger partial charge on any atom is 0.0844 e. The number of hydrogen-bond acceptors (Lipinski definition) is 2. The Morgan fingerprint density at radius 3 is 3.17 bits per heavy atom. The summed E-state index contributed by atoms with van der Waals surface area (Å²) in [6.07, 6.45) is 6.03. The van der Waals surface area contributed by atoms with Crippen LogP contribution in [0.5, 0.6) is 0 Å². The Kier molecular flexibility index (Phi) is 5.11. The minimum absolute atomic E-state index is 0.0715. The van der Waals surface area contributed by atoms with E-state index in [0.717, 1.165) is 12.3 Å². The molecule has 0 amide bonds. The van der Waals surface area contributed by atoms with Gasteiger partial charge in [0.1, 0.15) is 0 Å². The summed E-state index contributed by atoms with van der Waals surface area (Å²) in [5.74, 6) is 0. The van der Waals surface area contributed by atoms with E-state index in [1.807, 2.05) is 13.2 Å². The summed E-state index contributed by atoms with van der Waals surface area (Å²) in [4.78, 5) is 0. The maximum atomic E-state index is 5.15. The Labute approximate surface area is 77.2 Å². The second kappa shape index (κ2) is 6.26. The number of hydrogen-bond donors (Lipinski definition) is 1. The van der Waals surface area contributed by atoms with Crippen LogP contribution >= 0.6 is 0 Å². The van der Waals surface area contributed by atoms with Gasteiger partial charge in [0.15, 0.2) is 0 Å². The zero-order chi connectivity index (χ0) is 8.65. The summed E-state index contributed by atoms with van der Waals surface area (Å²) < 4.78 is 5.15. The van der Waals surface area contributed by atoms with Crippen LogP contribution < -0.4 is 5.32 Å². The molecule has 3 heteroatoms. The summed E-state index contributed by atoms with van der Waals surface area (Å²) in [7, 11) is -0.0715. The Balaban J connectivity index is 2.04. The van der Waals surface area contributed by atoms with Gasteiger partial charge in [0, 0.05) is 0 Å². The van der Waals surface area contributed by atoms with Crippen LogP contribution in [0.25, 0.3) is 0 Å². The standard InChI is InChI=1S/C9H19NOSi/c1-2-11-7-8-12-9-5-3-4-6-10-9/h7-10H,2-6,12H2,1H3. The zero-order valence-electron chi connectivity index (χ0n) is 7.88. The third-order valence-corrected chi connectivity index (χ3v) is 3.92. The fourth-order valence-electron chi connectivity index (χ4n) is 1.51. The first kappa shape index (κ1) is 9.80. The normalized spacial score (nSPS) is 25.6. The summed E-state index contributed by atoms with van der Waals surface area (Å²) in [5.41, 5.74) is 3.09. The summed E-state index contributed by atoms with van der Waals surface area (Å²) in [5, 5.41) is 3.55. The Hall–Kier alpha value is -0.283. The van der Waals surface area contributed by atoms with Crippen molar-refractivity contribution in [3.8, 4) is 0 Å². The van der Waals surface area contributed by atoms with Crippen LogP contribution in [0.1, 0.15) is 26.2 Å². The lowest BCUT2D eigenvalue weighted by atomic mass is 10.2. The lowest BCUT2D eigenvalue weighted by molar-refractivity contribution is 0.270. The van der Waals surface area contributed by atoms with Crippen LogP contribution in [0, 0.1) is 0 Å². The summed E-state index contributed by atoms with van der Waals surface area (Å²) >= 11 is 0. The molecule has 0 saturated carbocycles. The van der Waals surface area contributed by atoms with E-state index in [1.54, 1.807) is 0 Å². The number of rotatable bonds is 4. The van der Waals surface area contributed by atoms with Gasteiger partial charge in [-0.25, -0.2) is 0 Å². The largest absolute Gasteiger partial charge is 0.502 e. The van der Waals surface area contributed by atoms with Crippen molar-refractivity contribution in [2.24, 2.45) is 0 Å². The third-order valence-electron chi connectivity index (χ3n) is 2.19. The predicted octanol–water partition coefficient (Wildman–Crippen LogP) is 0.762. The van der Waals surface area contributed by atoms with Crippen LogP contribution in [0.2, 0.25) is 0 Å². The van der Waals surface area contributed by atoms with Crippen molar-refractivity contribution in [3.63, 3.8) is 0 Å². The maximum absolute atomic E-state index is 5.15. The van der Waals surface area contributed by atoms with Gasteiger partial charge < -0.3 is 10.1 Å². The highest BCUT2D eigenvalue weighted by Gasteiger charge is 2.10. The molecule has 1 fully saturated rings. The Morgan fingerprint density at radius 1 is 1.58 bits per heavy atom. The quantitative estimate of drug-likeness (QED) is 0.516. The number of nitrogens with one attached hydrogen (secondary N) is 1. The van der Waals surface area contributed by atoms with E-state index in [4.69, 9.17) is 4.74 Å². The molecule has 0 aromatic heterocycles. The molecule has 0 radical (unpaired) electrons. The van der Waals surface area contributed by atoms with Gasteiger partial charge in [-0.1, -0.05) is 12.1 Å². The average Bonchev–Trinajstić information content (AvgIpc) is 2.14. The van der Waals surface area contributed by atoms with Gasteiger partial charge in [-0.15, -0.1) is 0 Å². The van der Waals surface area contributed by atoms with E-state index >= 15 is 0 Å². The van der Waals surface area contributed by atoms with E-state index in [2.05, 4.69) is 11.0 Å². The van der Waals surface area contributed by atoms with Crippen molar-refractivity contribution in [2.45, 2.75) is 31.9 Å². The molecule has 0 spiro atoms. The highest BCUT2D eigenvalue weighted by molar-refractivity contribution is 6.44. The molecule has 1 aliphatic rings. The predicted molar refractivity (Wildman–Crippen MR) is 55.0 cm³/mol. The first-order valence-electron chi connectivity index (χ1n) is 4.93. The molecule has 0 aliphatic carbocycles. The molecule has 70 valence electrons. The molecule has 1 rings (SSSR count). The molecule has 1 heterocycles. The molecule has 0 bridgehead atoms. The molecule has 1 aliphatic heterocycles. The van der Waals surface area contributed by atoms with Gasteiger partial charge in [0.25, 0.3) is 0 Å². The zero-order valence-corrected chi connectivity index (χ0v) is 9.30. The highest BCUT2D eigenvalue weighted by atomic mass is 28.2. The second-order valence-corrected chi connectivity index (χ2v) is 5.14. The summed E-state index contributed by atoms with van der Waals surface area (Å²) in [6.45, 7) is 4.04. The van der Waals surface area contributed by atoms with Crippen LogP contribution in [0.3, 0.4) is 0 Å². The van der Waals surface area contributed by atoms with Crippen molar-refractivity contribution in [2.75, 3.05) is 13.2 Å². The van der Waals surface area contributed by atoms with Gasteiger partial charge in [0.05, 0.1) is 22.4 Å². The first-order valence-corrected chi connectivity index (χ1v) is 6.56. The van der Waals surface area contributed by atoms with Gasteiger partial charge in [0.2, 0.25) is 0 Å². The highest BCUT2D eigenvalue weighted by Crippen LogP contribution is 2.05. The molecule has 12 heavy (non-hydrogen) atoms. The molecule has 2 nitrogen and oxygen atoms in total. The van der Waals surface area contributed by atoms with Crippen molar-refractivity contribution in [1.29, 1.82) is 0 Å². The first-order chi connectivity index (χ1) is 5.93. The third kappa shape index (κ3) is 3.92. The fourth-order valence-corrected chi connectivity index (χ4v) is 2.98. The van der Waals surface area contributed by atoms with Crippen LogP contribution in [0.15, 0.2) is 12.0 Å². The van der Waals surface area contributed by atoms with Crippen molar-refractivity contribution in [3.05, 3.63) is 12.0 Å². The van der Waals surface area contributed by atoms with Crippen LogP contribution in [0.4, 0.5) is 0 Å². The van der Waals surface area contributed by atoms with Gasteiger partial charge in [-0.3, -0.25) is 0 Å². The van der Waals surface area contributed by atoms with E-state index in [-0.39, 0.29) is 9.52 Å². The average molecular weight is 185 g/mol. The molecular formula is C9H19NOSi. The Morgan fingerprint density at radius 2 is 2.50 bits per heavy atom. The van der Waals surface area contributed by atoms with Crippen molar-refractivity contribution < 1.29 is 4.74 Å². The smallest absolute Gasteiger partial charge is 0.0844 e. The molecule has 0 aromatic carbocycles. The lowest BCUT2D eigenvalue weighted by Gasteiger charge is -2.21. The number of piperidine rings is 1. The van der Waals surface area contributed by atoms with Crippen LogP contribution in [-0.4, -0.2) is 28.3 Å². The fraction of sp³-hybridized carbons (Fsp3) is 0.778.